The van der Waals surface area contributed by atoms with Gasteiger partial charge in [0.25, 0.3) is 0 Å². The van der Waals surface area contributed by atoms with Gasteiger partial charge >= 0.3 is 6.03 Å². The molecule has 1 unspecified atom stereocenters. The number of carbonyl (C=O) groups is 1. The van der Waals surface area contributed by atoms with Gasteiger partial charge in [0.2, 0.25) is 0 Å². The number of amides is 2. The minimum absolute atomic E-state index is 0.114. The zero-order chi connectivity index (χ0) is 18.4. The summed E-state index contributed by atoms with van der Waals surface area (Å²) in [6.45, 7) is 4.54. The van der Waals surface area contributed by atoms with Crippen molar-refractivity contribution in [3.05, 3.63) is 59.2 Å². The van der Waals surface area contributed by atoms with Crippen molar-refractivity contribution in [3.63, 3.8) is 0 Å². The van der Waals surface area contributed by atoms with Crippen LogP contribution < -0.4 is 15.4 Å². The minimum atomic E-state index is -0.215. The second kappa shape index (κ2) is 8.53. The third-order valence-corrected chi connectivity index (χ3v) is 4.19. The number of aryl methyl sites for hydroxylation is 2. The van der Waals surface area contributed by atoms with Gasteiger partial charge in [-0.2, -0.15) is 0 Å². The predicted molar refractivity (Wildman–Crippen MR) is 102 cm³/mol. The van der Waals surface area contributed by atoms with Crippen molar-refractivity contribution >= 4 is 11.7 Å². The molecule has 2 amide bonds. The Morgan fingerprint density at radius 2 is 1.92 bits per heavy atom. The first kappa shape index (κ1) is 18.8. The molecule has 0 saturated carbocycles. The maximum atomic E-state index is 12.3. The molecule has 0 aliphatic carbocycles. The van der Waals surface area contributed by atoms with E-state index in [9.17, 15) is 4.79 Å². The number of hydrogen-bond acceptors (Lipinski definition) is 3. The third kappa shape index (κ3) is 5.22. The van der Waals surface area contributed by atoms with E-state index in [1.807, 2.05) is 45.3 Å². The van der Waals surface area contributed by atoms with E-state index in [1.54, 1.807) is 7.11 Å². The van der Waals surface area contributed by atoms with Crippen molar-refractivity contribution in [2.75, 3.05) is 33.1 Å². The first-order valence-electron chi connectivity index (χ1n) is 8.33. The Morgan fingerprint density at radius 1 is 1.16 bits per heavy atom. The molecule has 1 atom stereocenters. The number of ether oxygens (including phenoxy) is 1. The maximum absolute atomic E-state index is 12.3. The van der Waals surface area contributed by atoms with Crippen molar-refractivity contribution in [1.29, 1.82) is 0 Å². The molecule has 0 heterocycles. The van der Waals surface area contributed by atoms with Crippen molar-refractivity contribution < 1.29 is 9.53 Å². The Hall–Kier alpha value is -2.53. The molecule has 0 aliphatic rings. The van der Waals surface area contributed by atoms with Crippen molar-refractivity contribution in [2.45, 2.75) is 19.9 Å². The summed E-state index contributed by atoms with van der Waals surface area (Å²) in [4.78, 5) is 14.4. The number of rotatable bonds is 6. The highest BCUT2D eigenvalue weighted by molar-refractivity contribution is 5.90. The fourth-order valence-electron chi connectivity index (χ4n) is 2.74. The summed E-state index contributed by atoms with van der Waals surface area (Å²) in [5.41, 5.74) is 4.13. The van der Waals surface area contributed by atoms with Gasteiger partial charge in [-0.05, 0) is 57.3 Å². The lowest BCUT2D eigenvalue weighted by molar-refractivity contribution is 0.243. The van der Waals surface area contributed by atoms with E-state index in [0.29, 0.717) is 6.54 Å². The average Bonchev–Trinajstić information content (AvgIpc) is 2.56. The SMILES string of the molecule is COc1ccc(NC(=O)NCC(c2cccc(C)c2)N(C)C)c(C)c1. The summed E-state index contributed by atoms with van der Waals surface area (Å²) in [6.07, 6.45) is 0. The van der Waals surface area contributed by atoms with Crippen LogP contribution in [0, 0.1) is 13.8 Å². The van der Waals surface area contributed by atoms with Crippen molar-refractivity contribution in [2.24, 2.45) is 0 Å². The van der Waals surface area contributed by atoms with Crippen LogP contribution in [0.4, 0.5) is 10.5 Å². The predicted octanol–water partition coefficient (Wildman–Crippen LogP) is 3.74. The monoisotopic (exact) mass is 341 g/mol. The zero-order valence-electron chi connectivity index (χ0n) is 15.6. The number of carbonyl (C=O) groups excluding carboxylic acids is 1. The normalized spacial score (nSPS) is 11.9. The molecule has 0 spiro atoms. The van der Waals surface area contributed by atoms with E-state index in [2.05, 4.69) is 40.7 Å². The Kier molecular flexibility index (Phi) is 6.42. The lowest BCUT2D eigenvalue weighted by Gasteiger charge is -2.25. The molecule has 5 heteroatoms. The van der Waals surface area contributed by atoms with Crippen LogP contribution in [0.2, 0.25) is 0 Å². The van der Waals surface area contributed by atoms with Crippen LogP contribution in [0.3, 0.4) is 0 Å². The minimum Gasteiger partial charge on any atom is -0.497 e. The molecule has 2 N–H and O–H groups in total. The van der Waals surface area contributed by atoms with Crippen LogP contribution in [-0.4, -0.2) is 38.7 Å². The molecular formula is C20H27N3O2. The van der Waals surface area contributed by atoms with Gasteiger partial charge in [0.1, 0.15) is 5.75 Å². The Balaban J connectivity index is 1.99. The smallest absolute Gasteiger partial charge is 0.319 e. The molecule has 0 bridgehead atoms. The van der Waals surface area contributed by atoms with Crippen LogP contribution in [0.15, 0.2) is 42.5 Å². The molecule has 25 heavy (non-hydrogen) atoms. The molecule has 0 aliphatic heterocycles. The number of likely N-dealkylation sites (N-methyl/N-ethyl adjacent to an activating group) is 1. The topological polar surface area (TPSA) is 53.6 Å². The van der Waals surface area contributed by atoms with E-state index < -0.39 is 0 Å². The largest absolute Gasteiger partial charge is 0.497 e. The van der Waals surface area contributed by atoms with Gasteiger partial charge < -0.3 is 20.3 Å². The maximum Gasteiger partial charge on any atom is 0.319 e. The number of hydrogen-bond donors (Lipinski definition) is 2. The summed E-state index contributed by atoms with van der Waals surface area (Å²) >= 11 is 0. The third-order valence-electron chi connectivity index (χ3n) is 4.19. The first-order chi connectivity index (χ1) is 11.9. The second-order valence-electron chi connectivity index (χ2n) is 6.41. The van der Waals surface area contributed by atoms with Gasteiger partial charge in [0, 0.05) is 12.2 Å². The number of nitrogens with zero attached hydrogens (tertiary/aromatic N) is 1. The summed E-state index contributed by atoms with van der Waals surface area (Å²) in [6, 6.07) is 13.8. The van der Waals surface area contributed by atoms with Crippen LogP contribution in [-0.2, 0) is 0 Å². The first-order valence-corrected chi connectivity index (χ1v) is 8.33. The Morgan fingerprint density at radius 3 is 2.52 bits per heavy atom. The van der Waals surface area contributed by atoms with Gasteiger partial charge in [0.05, 0.1) is 13.2 Å². The highest BCUT2D eigenvalue weighted by Crippen LogP contribution is 2.21. The molecule has 2 rings (SSSR count). The zero-order valence-corrected chi connectivity index (χ0v) is 15.6. The number of methoxy groups -OCH3 is 1. The van der Waals surface area contributed by atoms with E-state index in [4.69, 9.17) is 4.74 Å². The van der Waals surface area contributed by atoms with E-state index in [1.165, 1.54) is 11.1 Å². The lowest BCUT2D eigenvalue weighted by Crippen LogP contribution is -2.37. The van der Waals surface area contributed by atoms with Crippen LogP contribution >= 0.6 is 0 Å². The van der Waals surface area contributed by atoms with Crippen LogP contribution in [0.5, 0.6) is 5.75 Å². The Bertz CT molecular complexity index is 729. The molecule has 134 valence electrons. The summed E-state index contributed by atoms with van der Waals surface area (Å²) < 4.78 is 5.19. The molecule has 2 aromatic carbocycles. The van der Waals surface area contributed by atoms with Crippen LogP contribution in [0.25, 0.3) is 0 Å². The number of benzene rings is 2. The molecule has 0 aromatic heterocycles. The molecule has 0 fully saturated rings. The van der Waals surface area contributed by atoms with Gasteiger partial charge in [0.15, 0.2) is 0 Å². The number of urea groups is 1. The molecule has 2 aromatic rings. The number of anilines is 1. The summed E-state index contributed by atoms with van der Waals surface area (Å²) in [5, 5.41) is 5.86. The van der Waals surface area contributed by atoms with Gasteiger partial charge in [-0.1, -0.05) is 29.8 Å². The second-order valence-corrected chi connectivity index (χ2v) is 6.41. The van der Waals surface area contributed by atoms with Gasteiger partial charge in [-0.15, -0.1) is 0 Å². The van der Waals surface area contributed by atoms with E-state index in [0.717, 1.165) is 17.0 Å². The highest BCUT2D eigenvalue weighted by atomic mass is 16.5. The Labute approximate surface area is 150 Å². The molecule has 5 nitrogen and oxygen atoms in total. The molecular weight excluding hydrogens is 314 g/mol. The standard InChI is InChI=1S/C20H27N3O2/c1-14-7-6-8-16(11-14)19(23(3)4)13-21-20(24)22-18-10-9-17(25-5)12-15(18)2/h6-12,19H,13H2,1-5H3,(H2,21,22,24). The summed E-state index contributed by atoms with van der Waals surface area (Å²) in [7, 11) is 5.65. The molecule has 0 saturated heterocycles. The summed E-state index contributed by atoms with van der Waals surface area (Å²) in [5.74, 6) is 0.774. The molecule has 0 radical (unpaired) electrons. The number of nitrogens with one attached hydrogen (secondary N) is 2. The quantitative estimate of drug-likeness (QED) is 0.842. The van der Waals surface area contributed by atoms with Crippen molar-refractivity contribution in [1.82, 2.24) is 10.2 Å². The van der Waals surface area contributed by atoms with E-state index >= 15 is 0 Å². The fourth-order valence-corrected chi connectivity index (χ4v) is 2.74. The van der Waals surface area contributed by atoms with Gasteiger partial charge in [-0.25, -0.2) is 4.79 Å². The fraction of sp³-hybridized carbons (Fsp3) is 0.350. The lowest BCUT2D eigenvalue weighted by atomic mass is 10.0. The van der Waals surface area contributed by atoms with Crippen LogP contribution in [0.1, 0.15) is 22.7 Å². The van der Waals surface area contributed by atoms with E-state index in [-0.39, 0.29) is 12.1 Å². The van der Waals surface area contributed by atoms with Gasteiger partial charge in [-0.3, -0.25) is 0 Å². The average molecular weight is 341 g/mol. The highest BCUT2D eigenvalue weighted by Gasteiger charge is 2.15. The van der Waals surface area contributed by atoms with Crippen molar-refractivity contribution in [3.8, 4) is 5.75 Å².